The number of carbonyl (C=O) groups is 2. The normalized spacial score (nSPS) is 19.3. The van der Waals surface area contributed by atoms with Crippen LogP contribution in [0.25, 0.3) is 0 Å². The molecule has 8 nitrogen and oxygen atoms in total. The number of amides is 2. The van der Waals surface area contributed by atoms with E-state index >= 15 is 0 Å². The van der Waals surface area contributed by atoms with Crippen LogP contribution in [-0.4, -0.2) is 62.3 Å². The van der Waals surface area contributed by atoms with E-state index in [1.165, 1.54) is 24.6 Å². The average Bonchev–Trinajstić information content (AvgIpc) is 3.30. The minimum absolute atomic E-state index is 0.0223. The number of nitrogens with one attached hydrogen (secondary N) is 1. The molecule has 138 valence electrons. The second-order valence-corrected chi connectivity index (χ2v) is 7.87. The van der Waals surface area contributed by atoms with Crippen LogP contribution in [0.2, 0.25) is 0 Å². The summed E-state index contributed by atoms with van der Waals surface area (Å²) < 4.78 is 1.61. The van der Waals surface area contributed by atoms with Gasteiger partial charge in [0.05, 0.1) is 0 Å². The third kappa shape index (κ3) is 4.71. The van der Waals surface area contributed by atoms with E-state index in [4.69, 9.17) is 0 Å². The molecule has 0 atom stereocenters. The van der Waals surface area contributed by atoms with Crippen molar-refractivity contribution in [1.29, 1.82) is 0 Å². The van der Waals surface area contributed by atoms with E-state index in [1.54, 1.807) is 11.7 Å². The summed E-state index contributed by atoms with van der Waals surface area (Å²) in [5.41, 5.74) is 0. The first-order valence-electron chi connectivity index (χ1n) is 9.07. The molecule has 2 aliphatic rings. The maximum atomic E-state index is 12.4. The molecule has 3 rings (SSSR count). The van der Waals surface area contributed by atoms with Crippen LogP contribution in [0.5, 0.6) is 0 Å². The topological polar surface area (TPSA) is 93.0 Å². The molecular weight excluding hydrogens is 340 g/mol. The lowest BCUT2D eigenvalue weighted by atomic mass is 9.94. The maximum absolute atomic E-state index is 12.4. The number of rotatable bonds is 6. The van der Waals surface area contributed by atoms with Gasteiger partial charge in [0.2, 0.25) is 17.0 Å². The molecule has 2 fully saturated rings. The van der Waals surface area contributed by atoms with E-state index in [9.17, 15) is 9.59 Å². The van der Waals surface area contributed by atoms with Gasteiger partial charge in [-0.3, -0.25) is 9.59 Å². The Morgan fingerprint density at radius 2 is 1.88 bits per heavy atom. The molecule has 1 aliphatic heterocycles. The van der Waals surface area contributed by atoms with Crippen LogP contribution >= 0.6 is 11.8 Å². The van der Waals surface area contributed by atoms with Crippen molar-refractivity contribution in [1.82, 2.24) is 30.4 Å². The number of hydrogen-bond donors (Lipinski definition) is 1. The van der Waals surface area contributed by atoms with Crippen LogP contribution in [-0.2, 0) is 16.6 Å². The lowest BCUT2D eigenvalue weighted by Gasteiger charge is -2.33. The number of carbonyl (C=O) groups excluding carboxylic acids is 2. The average molecular weight is 366 g/mol. The summed E-state index contributed by atoms with van der Waals surface area (Å²) in [6.45, 7) is 2.02. The molecule has 0 spiro atoms. The number of thioether (sulfide) groups is 1. The van der Waals surface area contributed by atoms with Crippen LogP contribution in [0.4, 0.5) is 0 Å². The molecular formula is C16H26N6O2S. The van der Waals surface area contributed by atoms with Crippen LogP contribution in [0.1, 0.15) is 38.5 Å². The molecule has 0 unspecified atom stereocenters. The number of aromatic nitrogens is 4. The van der Waals surface area contributed by atoms with Crippen LogP contribution < -0.4 is 5.32 Å². The number of likely N-dealkylation sites (tertiary alicyclic amines) is 1. The zero-order valence-corrected chi connectivity index (χ0v) is 15.5. The number of aryl methyl sites for hydroxylation is 1. The molecule has 1 N–H and O–H groups in total. The van der Waals surface area contributed by atoms with Crippen molar-refractivity contribution in [2.24, 2.45) is 18.9 Å². The molecule has 2 amide bonds. The Morgan fingerprint density at radius 3 is 2.52 bits per heavy atom. The van der Waals surface area contributed by atoms with Gasteiger partial charge in [-0.2, -0.15) is 0 Å². The van der Waals surface area contributed by atoms with Crippen molar-refractivity contribution in [3.05, 3.63) is 0 Å². The molecule has 1 aromatic rings. The fraction of sp³-hybridized carbons (Fsp3) is 0.812. The van der Waals surface area contributed by atoms with Gasteiger partial charge in [0, 0.05) is 44.3 Å². The first-order valence-corrected chi connectivity index (χ1v) is 10.1. The lowest BCUT2D eigenvalue weighted by Crippen LogP contribution is -2.45. The molecule has 25 heavy (non-hydrogen) atoms. The Bertz CT molecular complexity index is 593. The first kappa shape index (κ1) is 18.2. The number of piperidine rings is 1. The Morgan fingerprint density at radius 1 is 1.16 bits per heavy atom. The van der Waals surface area contributed by atoms with Gasteiger partial charge in [-0.25, -0.2) is 4.68 Å². The SMILES string of the molecule is Cn1nnnc1SCCNC(=O)C1CCN(C(=O)C2CCCC2)CC1. The van der Waals surface area contributed by atoms with Gasteiger partial charge in [-0.15, -0.1) is 5.10 Å². The van der Waals surface area contributed by atoms with Gasteiger partial charge < -0.3 is 10.2 Å². The molecule has 1 aromatic heterocycles. The zero-order chi connectivity index (χ0) is 17.6. The van der Waals surface area contributed by atoms with Crippen molar-refractivity contribution in [3.8, 4) is 0 Å². The Balaban J connectivity index is 1.34. The Labute approximate surface area is 152 Å². The van der Waals surface area contributed by atoms with Crippen molar-refractivity contribution < 1.29 is 9.59 Å². The Hall–Kier alpha value is -1.64. The van der Waals surface area contributed by atoms with Gasteiger partial charge in [-0.05, 0) is 36.1 Å². The molecule has 0 aromatic carbocycles. The van der Waals surface area contributed by atoms with E-state index in [0.717, 1.165) is 36.6 Å². The quantitative estimate of drug-likeness (QED) is 0.593. The highest BCUT2D eigenvalue weighted by molar-refractivity contribution is 7.99. The van der Waals surface area contributed by atoms with Crippen molar-refractivity contribution in [3.63, 3.8) is 0 Å². The minimum Gasteiger partial charge on any atom is -0.355 e. The van der Waals surface area contributed by atoms with Crippen molar-refractivity contribution in [2.75, 3.05) is 25.4 Å². The molecule has 1 aliphatic carbocycles. The molecule has 1 saturated heterocycles. The summed E-state index contributed by atoms with van der Waals surface area (Å²) in [4.78, 5) is 26.7. The van der Waals surface area contributed by atoms with E-state index in [1.807, 2.05) is 4.90 Å². The fourth-order valence-corrected chi connectivity index (χ4v) is 4.30. The van der Waals surface area contributed by atoms with Gasteiger partial charge in [0.25, 0.3) is 0 Å². The molecule has 2 heterocycles. The molecule has 0 radical (unpaired) electrons. The fourth-order valence-electron chi connectivity index (χ4n) is 3.60. The van der Waals surface area contributed by atoms with Crippen molar-refractivity contribution >= 4 is 23.6 Å². The predicted molar refractivity (Wildman–Crippen MR) is 93.8 cm³/mol. The third-order valence-electron chi connectivity index (χ3n) is 5.10. The van der Waals surface area contributed by atoms with Crippen LogP contribution in [0.3, 0.4) is 0 Å². The largest absolute Gasteiger partial charge is 0.355 e. The van der Waals surface area contributed by atoms with Crippen molar-refractivity contribution in [2.45, 2.75) is 43.7 Å². The minimum atomic E-state index is 0.0223. The molecule has 0 bridgehead atoms. The summed E-state index contributed by atoms with van der Waals surface area (Å²) >= 11 is 1.52. The predicted octanol–water partition coefficient (Wildman–Crippen LogP) is 0.847. The summed E-state index contributed by atoms with van der Waals surface area (Å²) in [7, 11) is 1.79. The van der Waals surface area contributed by atoms with Crippen LogP contribution in [0, 0.1) is 11.8 Å². The molecule has 9 heteroatoms. The van der Waals surface area contributed by atoms with Gasteiger partial charge in [0.1, 0.15) is 0 Å². The smallest absolute Gasteiger partial charge is 0.225 e. The van der Waals surface area contributed by atoms with Gasteiger partial charge in [0.15, 0.2) is 0 Å². The number of nitrogens with zero attached hydrogens (tertiary/aromatic N) is 5. The maximum Gasteiger partial charge on any atom is 0.225 e. The summed E-state index contributed by atoms with van der Waals surface area (Å²) in [5.74, 6) is 1.40. The highest BCUT2D eigenvalue weighted by Crippen LogP contribution is 2.28. The summed E-state index contributed by atoms with van der Waals surface area (Å²) in [6.07, 6.45) is 5.97. The Kier molecular flexibility index (Phi) is 6.28. The van der Waals surface area contributed by atoms with Gasteiger partial charge in [-0.1, -0.05) is 24.6 Å². The summed E-state index contributed by atoms with van der Waals surface area (Å²) in [5, 5.41) is 15.0. The van der Waals surface area contributed by atoms with E-state index in [0.29, 0.717) is 25.5 Å². The first-order chi connectivity index (χ1) is 12.1. The molecule has 1 saturated carbocycles. The zero-order valence-electron chi connectivity index (χ0n) is 14.7. The lowest BCUT2D eigenvalue weighted by molar-refractivity contribution is -0.138. The number of hydrogen-bond acceptors (Lipinski definition) is 6. The highest BCUT2D eigenvalue weighted by atomic mass is 32.2. The third-order valence-corrected chi connectivity index (χ3v) is 6.11. The second kappa shape index (κ2) is 8.64. The van der Waals surface area contributed by atoms with Crippen LogP contribution in [0.15, 0.2) is 5.16 Å². The van der Waals surface area contributed by atoms with Gasteiger partial charge >= 0.3 is 0 Å². The monoisotopic (exact) mass is 366 g/mol. The van der Waals surface area contributed by atoms with E-state index in [2.05, 4.69) is 20.8 Å². The summed E-state index contributed by atoms with van der Waals surface area (Å²) in [6, 6.07) is 0. The van der Waals surface area contributed by atoms with E-state index < -0.39 is 0 Å². The highest BCUT2D eigenvalue weighted by Gasteiger charge is 2.31. The standard InChI is InChI=1S/C16H26N6O2S/c1-21-16(18-19-20-21)25-11-8-17-14(23)12-6-9-22(10-7-12)15(24)13-4-2-3-5-13/h12-13H,2-11H2,1H3,(H,17,23). The second-order valence-electron chi connectivity index (χ2n) is 6.81. The van der Waals surface area contributed by atoms with E-state index in [-0.39, 0.29) is 17.7 Å². The number of tetrazole rings is 1.